The minimum absolute atomic E-state index is 0.0132. The van der Waals surface area contributed by atoms with Crippen LogP contribution in [0.15, 0.2) is 59.5 Å². The van der Waals surface area contributed by atoms with Gasteiger partial charge in [-0.2, -0.15) is 0 Å². The Bertz CT molecular complexity index is 935. The molecule has 2 N–H and O–H groups in total. The molecule has 6 nitrogen and oxygen atoms in total. The second-order valence-corrected chi connectivity index (χ2v) is 9.73. The van der Waals surface area contributed by atoms with Crippen molar-refractivity contribution >= 4 is 15.9 Å². The molecule has 0 radical (unpaired) electrons. The molecule has 3 rings (SSSR count). The average Bonchev–Trinajstić information content (AvgIpc) is 2.66. The van der Waals surface area contributed by atoms with Crippen LogP contribution < -0.4 is 5.14 Å². The van der Waals surface area contributed by atoms with Gasteiger partial charge in [-0.1, -0.05) is 51.1 Å². The molecule has 7 heteroatoms. The van der Waals surface area contributed by atoms with Crippen LogP contribution in [0.1, 0.15) is 42.8 Å². The number of hydrogen-bond donors (Lipinski definition) is 1. The lowest BCUT2D eigenvalue weighted by atomic mass is 9.87. The van der Waals surface area contributed by atoms with E-state index in [9.17, 15) is 13.2 Å². The standard InChI is InChI=1S/C21H26N2O4S/c1-21(2,3)19-14-23(13-18(27-19)15-7-5-4-6-8-15)20(24)16-9-11-17(12-10-16)28(22,25)26/h4-12,18-19H,13-14H2,1-3H3,(H2,22,25,26)/t18-,19+/m0/s1. The molecule has 0 bridgehead atoms. The van der Waals surface area contributed by atoms with E-state index in [2.05, 4.69) is 20.8 Å². The summed E-state index contributed by atoms with van der Waals surface area (Å²) in [5.41, 5.74) is 1.32. The molecule has 2 aromatic rings. The maximum absolute atomic E-state index is 13.1. The molecular formula is C21H26N2O4S. The second kappa shape index (κ2) is 7.66. The Hall–Kier alpha value is -2.22. The molecule has 2 atom stereocenters. The van der Waals surface area contributed by atoms with Crippen molar-refractivity contribution in [3.63, 3.8) is 0 Å². The molecule has 1 fully saturated rings. The zero-order valence-electron chi connectivity index (χ0n) is 16.3. The van der Waals surface area contributed by atoms with Crippen molar-refractivity contribution in [2.45, 2.75) is 37.9 Å². The van der Waals surface area contributed by atoms with E-state index < -0.39 is 10.0 Å². The second-order valence-electron chi connectivity index (χ2n) is 8.17. The quantitative estimate of drug-likeness (QED) is 0.855. The highest BCUT2D eigenvalue weighted by molar-refractivity contribution is 7.89. The van der Waals surface area contributed by atoms with Crippen molar-refractivity contribution in [2.75, 3.05) is 13.1 Å². The minimum Gasteiger partial charge on any atom is -0.366 e. The Morgan fingerprint density at radius 1 is 1.04 bits per heavy atom. The molecule has 2 aromatic carbocycles. The van der Waals surface area contributed by atoms with Crippen molar-refractivity contribution in [1.29, 1.82) is 0 Å². The summed E-state index contributed by atoms with van der Waals surface area (Å²) in [5.74, 6) is -0.153. The number of carbonyl (C=O) groups is 1. The third-order valence-electron chi connectivity index (χ3n) is 4.96. The molecule has 1 amide bonds. The van der Waals surface area contributed by atoms with Gasteiger partial charge in [-0.3, -0.25) is 4.79 Å². The Morgan fingerprint density at radius 2 is 1.64 bits per heavy atom. The number of morpholine rings is 1. The van der Waals surface area contributed by atoms with Crippen LogP contribution in [-0.2, 0) is 14.8 Å². The Balaban J connectivity index is 1.87. The van der Waals surface area contributed by atoms with Crippen molar-refractivity contribution in [3.05, 3.63) is 65.7 Å². The molecular weight excluding hydrogens is 376 g/mol. The Labute approximate surface area is 166 Å². The van der Waals surface area contributed by atoms with Gasteiger partial charge in [0.25, 0.3) is 5.91 Å². The van der Waals surface area contributed by atoms with Gasteiger partial charge in [0.2, 0.25) is 10.0 Å². The smallest absolute Gasteiger partial charge is 0.254 e. The number of nitrogens with zero attached hydrogens (tertiary/aromatic N) is 1. The molecule has 1 heterocycles. The van der Waals surface area contributed by atoms with Crippen molar-refractivity contribution in [1.82, 2.24) is 4.90 Å². The molecule has 1 aliphatic rings. The van der Waals surface area contributed by atoms with E-state index in [0.29, 0.717) is 18.7 Å². The lowest BCUT2D eigenvalue weighted by molar-refractivity contribution is -0.119. The van der Waals surface area contributed by atoms with Gasteiger partial charge in [-0.25, -0.2) is 13.6 Å². The first-order valence-electron chi connectivity index (χ1n) is 9.18. The van der Waals surface area contributed by atoms with E-state index in [-0.39, 0.29) is 28.4 Å². The summed E-state index contributed by atoms with van der Waals surface area (Å²) in [4.78, 5) is 14.9. The number of primary sulfonamides is 1. The average molecular weight is 403 g/mol. The topological polar surface area (TPSA) is 89.7 Å². The number of ether oxygens (including phenoxy) is 1. The number of amides is 1. The van der Waals surface area contributed by atoms with Crippen LogP contribution in [0.4, 0.5) is 0 Å². The molecule has 1 saturated heterocycles. The summed E-state index contributed by atoms with van der Waals surface area (Å²) >= 11 is 0. The highest BCUT2D eigenvalue weighted by atomic mass is 32.2. The molecule has 0 saturated carbocycles. The van der Waals surface area contributed by atoms with Gasteiger partial charge in [0.1, 0.15) is 6.10 Å². The fraction of sp³-hybridized carbons (Fsp3) is 0.381. The molecule has 0 spiro atoms. The zero-order valence-corrected chi connectivity index (χ0v) is 17.1. The predicted octanol–water partition coefficient (Wildman–Crippen LogP) is 2.96. The van der Waals surface area contributed by atoms with E-state index >= 15 is 0 Å². The van der Waals surface area contributed by atoms with Crippen LogP contribution in [0.5, 0.6) is 0 Å². The maximum Gasteiger partial charge on any atom is 0.254 e. The maximum atomic E-state index is 13.1. The van der Waals surface area contributed by atoms with E-state index in [0.717, 1.165) is 5.56 Å². The van der Waals surface area contributed by atoms with E-state index in [1.165, 1.54) is 24.3 Å². The highest BCUT2D eigenvalue weighted by Gasteiger charge is 2.37. The third kappa shape index (κ3) is 4.60. The first-order chi connectivity index (χ1) is 13.1. The summed E-state index contributed by atoms with van der Waals surface area (Å²) in [7, 11) is -3.79. The van der Waals surface area contributed by atoms with E-state index in [4.69, 9.17) is 9.88 Å². The summed E-state index contributed by atoms with van der Waals surface area (Å²) in [6.45, 7) is 7.19. The normalized spacial score (nSPS) is 20.8. The monoisotopic (exact) mass is 402 g/mol. The summed E-state index contributed by atoms with van der Waals surface area (Å²) in [6, 6.07) is 15.6. The van der Waals surface area contributed by atoms with Crippen molar-refractivity contribution in [3.8, 4) is 0 Å². The van der Waals surface area contributed by atoms with Gasteiger partial charge < -0.3 is 9.64 Å². The minimum atomic E-state index is -3.79. The fourth-order valence-corrected chi connectivity index (χ4v) is 3.74. The molecule has 0 aliphatic carbocycles. The molecule has 0 aromatic heterocycles. The number of nitrogens with two attached hydrogens (primary N) is 1. The number of benzene rings is 2. The number of carbonyl (C=O) groups excluding carboxylic acids is 1. The molecule has 28 heavy (non-hydrogen) atoms. The molecule has 0 unspecified atom stereocenters. The van der Waals surface area contributed by atoms with Gasteiger partial charge in [-0.05, 0) is 35.2 Å². The number of sulfonamides is 1. The summed E-state index contributed by atoms with van der Waals surface area (Å²) < 4.78 is 29.2. The van der Waals surface area contributed by atoms with Gasteiger partial charge >= 0.3 is 0 Å². The van der Waals surface area contributed by atoms with Crippen LogP contribution in [0.25, 0.3) is 0 Å². The van der Waals surface area contributed by atoms with Crippen LogP contribution in [0.2, 0.25) is 0 Å². The largest absolute Gasteiger partial charge is 0.366 e. The van der Waals surface area contributed by atoms with Crippen molar-refractivity contribution in [2.24, 2.45) is 10.6 Å². The lowest BCUT2D eigenvalue weighted by Crippen LogP contribution is -2.51. The first kappa shape index (κ1) is 20.5. The van der Waals surface area contributed by atoms with Gasteiger partial charge in [0.15, 0.2) is 0 Å². The summed E-state index contributed by atoms with van der Waals surface area (Å²) in [5, 5.41) is 5.13. The highest BCUT2D eigenvalue weighted by Crippen LogP contribution is 2.34. The zero-order chi connectivity index (χ0) is 20.5. The van der Waals surface area contributed by atoms with Crippen LogP contribution in [0, 0.1) is 5.41 Å². The van der Waals surface area contributed by atoms with E-state index in [1.807, 2.05) is 30.3 Å². The summed E-state index contributed by atoms with van der Waals surface area (Å²) in [6.07, 6.45) is -0.342. The lowest BCUT2D eigenvalue weighted by Gasteiger charge is -2.43. The SMILES string of the molecule is CC(C)(C)[C@H]1CN(C(=O)c2ccc(S(N)(=O)=O)cc2)C[C@@H](c2ccccc2)O1. The Morgan fingerprint density at radius 3 is 2.18 bits per heavy atom. The molecule has 150 valence electrons. The fourth-order valence-electron chi connectivity index (χ4n) is 3.22. The van der Waals surface area contributed by atoms with Gasteiger partial charge in [-0.15, -0.1) is 0 Å². The number of hydrogen-bond acceptors (Lipinski definition) is 4. The van der Waals surface area contributed by atoms with Crippen LogP contribution >= 0.6 is 0 Å². The van der Waals surface area contributed by atoms with Gasteiger partial charge in [0, 0.05) is 12.1 Å². The van der Waals surface area contributed by atoms with Crippen LogP contribution in [0.3, 0.4) is 0 Å². The number of rotatable bonds is 3. The third-order valence-corrected chi connectivity index (χ3v) is 5.88. The first-order valence-corrected chi connectivity index (χ1v) is 10.7. The van der Waals surface area contributed by atoms with Crippen molar-refractivity contribution < 1.29 is 17.9 Å². The van der Waals surface area contributed by atoms with Crippen LogP contribution in [-0.4, -0.2) is 38.4 Å². The molecule has 1 aliphatic heterocycles. The van der Waals surface area contributed by atoms with E-state index in [1.54, 1.807) is 4.90 Å². The van der Waals surface area contributed by atoms with Gasteiger partial charge in [0.05, 0.1) is 17.5 Å². The predicted molar refractivity (Wildman–Crippen MR) is 107 cm³/mol. The Kier molecular flexibility index (Phi) is 5.61.